The van der Waals surface area contributed by atoms with Gasteiger partial charge >= 0.3 is 12.1 Å². The third-order valence-corrected chi connectivity index (χ3v) is 5.44. The Morgan fingerprint density at radius 1 is 1.23 bits per heavy atom. The van der Waals surface area contributed by atoms with Crippen molar-refractivity contribution in [2.45, 2.75) is 36.4 Å². The van der Waals surface area contributed by atoms with Gasteiger partial charge in [-0.15, -0.1) is 0 Å². The first-order valence-corrected chi connectivity index (χ1v) is 9.16. The predicted molar refractivity (Wildman–Crippen MR) is 83.5 cm³/mol. The van der Waals surface area contributed by atoms with E-state index in [0.29, 0.717) is 18.9 Å². The highest BCUT2D eigenvalue weighted by molar-refractivity contribution is 7.89. The van der Waals surface area contributed by atoms with Gasteiger partial charge in [-0.1, -0.05) is 6.07 Å². The molecule has 1 aliphatic carbocycles. The number of alkyl halides is 3. The van der Waals surface area contributed by atoms with E-state index in [4.69, 9.17) is 5.11 Å². The average Bonchev–Trinajstić information content (AvgIpc) is 3.01. The third-order valence-electron chi connectivity index (χ3n) is 4.04. The molecule has 7 nitrogen and oxygen atoms in total. The lowest BCUT2D eigenvalue weighted by Gasteiger charge is -2.13. The fraction of sp³-hybridized carbons (Fsp3) is 0.467. The topological polar surface area (TPSA) is 113 Å². The van der Waals surface area contributed by atoms with E-state index in [-0.39, 0.29) is 12.5 Å². The molecule has 26 heavy (non-hydrogen) atoms. The highest BCUT2D eigenvalue weighted by atomic mass is 32.2. The molecule has 11 heteroatoms. The van der Waals surface area contributed by atoms with Crippen molar-refractivity contribution in [1.82, 2.24) is 10.0 Å². The van der Waals surface area contributed by atoms with Crippen LogP contribution in [0.25, 0.3) is 0 Å². The molecule has 144 valence electrons. The van der Waals surface area contributed by atoms with Gasteiger partial charge in [0.1, 0.15) is 0 Å². The molecule has 1 aromatic rings. The number of benzene rings is 1. The van der Waals surface area contributed by atoms with Crippen LogP contribution in [0.3, 0.4) is 0 Å². The monoisotopic (exact) mass is 394 g/mol. The largest absolute Gasteiger partial charge is 0.481 e. The number of hydrogen-bond acceptors (Lipinski definition) is 4. The average molecular weight is 394 g/mol. The standard InChI is InChI=1S/C15H17F3N2O5S/c16-15(17,18)10-2-1-3-12(7-10)26(24,25)19-8-13(21)20-11-5-4-9(6-11)14(22)23/h1-3,7,9,11,19H,4-6,8H2,(H,20,21)(H,22,23)/t9-,11+/m1/s1. The van der Waals surface area contributed by atoms with Gasteiger partial charge in [-0.05, 0) is 37.5 Å². The molecule has 2 rings (SSSR count). The zero-order valence-electron chi connectivity index (χ0n) is 13.4. The Morgan fingerprint density at radius 3 is 2.50 bits per heavy atom. The second kappa shape index (κ2) is 7.62. The molecule has 0 aromatic heterocycles. The number of carboxylic acid groups (broad SMARTS) is 1. The van der Waals surface area contributed by atoms with Crippen molar-refractivity contribution in [3.8, 4) is 0 Å². The van der Waals surface area contributed by atoms with Crippen molar-refractivity contribution in [3.63, 3.8) is 0 Å². The molecule has 1 aliphatic rings. The first-order valence-electron chi connectivity index (χ1n) is 7.68. The van der Waals surface area contributed by atoms with E-state index in [1.54, 1.807) is 0 Å². The predicted octanol–water partition coefficient (Wildman–Crippen LogP) is 1.35. The molecule has 1 aromatic carbocycles. The van der Waals surface area contributed by atoms with Gasteiger partial charge in [0.15, 0.2) is 0 Å². The summed E-state index contributed by atoms with van der Waals surface area (Å²) in [4.78, 5) is 22.1. The second-order valence-electron chi connectivity index (χ2n) is 5.96. The summed E-state index contributed by atoms with van der Waals surface area (Å²) in [7, 11) is -4.30. The number of amides is 1. The number of hydrogen-bond donors (Lipinski definition) is 3. The van der Waals surface area contributed by atoms with Crippen LogP contribution < -0.4 is 10.0 Å². The zero-order valence-corrected chi connectivity index (χ0v) is 14.2. The van der Waals surface area contributed by atoms with E-state index in [1.807, 2.05) is 4.72 Å². The molecule has 3 N–H and O–H groups in total. The maximum absolute atomic E-state index is 12.7. The lowest BCUT2D eigenvalue weighted by molar-refractivity contribution is -0.141. The molecular formula is C15H17F3N2O5S. The van der Waals surface area contributed by atoms with Gasteiger partial charge in [-0.3, -0.25) is 9.59 Å². The van der Waals surface area contributed by atoms with Crippen LogP contribution in [0, 0.1) is 5.92 Å². The van der Waals surface area contributed by atoms with E-state index in [9.17, 15) is 31.2 Å². The smallest absolute Gasteiger partial charge is 0.416 e. The molecule has 0 bridgehead atoms. The maximum Gasteiger partial charge on any atom is 0.416 e. The maximum atomic E-state index is 12.7. The van der Waals surface area contributed by atoms with E-state index in [0.717, 1.165) is 18.2 Å². The summed E-state index contributed by atoms with van der Waals surface area (Å²) in [5.41, 5.74) is -1.12. The molecule has 0 saturated heterocycles. The first-order chi connectivity index (χ1) is 12.0. The summed E-state index contributed by atoms with van der Waals surface area (Å²) in [5, 5.41) is 11.4. The van der Waals surface area contributed by atoms with E-state index in [2.05, 4.69) is 5.32 Å². The minimum Gasteiger partial charge on any atom is -0.481 e. The van der Waals surface area contributed by atoms with Gasteiger partial charge in [0, 0.05) is 6.04 Å². The van der Waals surface area contributed by atoms with Gasteiger partial charge in [-0.2, -0.15) is 13.2 Å². The van der Waals surface area contributed by atoms with Gasteiger partial charge in [-0.25, -0.2) is 13.1 Å². The molecule has 2 atom stereocenters. The number of sulfonamides is 1. The van der Waals surface area contributed by atoms with Gasteiger partial charge in [0.25, 0.3) is 0 Å². The Kier molecular flexibility index (Phi) is 5.91. The summed E-state index contributed by atoms with van der Waals surface area (Å²) in [6.45, 7) is -0.660. The molecule has 0 spiro atoms. The van der Waals surface area contributed by atoms with Crippen LogP contribution in [0.15, 0.2) is 29.2 Å². The molecule has 1 saturated carbocycles. The van der Waals surface area contributed by atoms with Crippen LogP contribution in [0.1, 0.15) is 24.8 Å². The summed E-state index contributed by atoms with van der Waals surface area (Å²) in [6.07, 6.45) is -3.56. The molecule has 1 amide bonds. The molecule has 0 heterocycles. The van der Waals surface area contributed by atoms with Gasteiger partial charge in [0.2, 0.25) is 15.9 Å². The number of nitrogens with one attached hydrogen (secondary N) is 2. The SMILES string of the molecule is O=C(CNS(=O)(=O)c1cccc(C(F)(F)F)c1)N[C@H]1CC[C@@H](C(=O)O)C1. The van der Waals surface area contributed by atoms with Crippen molar-refractivity contribution in [2.24, 2.45) is 5.92 Å². The second-order valence-corrected chi connectivity index (χ2v) is 7.73. The molecule has 0 radical (unpaired) electrons. The Bertz CT molecular complexity index is 795. The lowest BCUT2D eigenvalue weighted by Crippen LogP contribution is -2.41. The Balaban J connectivity index is 1.94. The molecule has 0 unspecified atom stereocenters. The summed E-state index contributed by atoms with van der Waals surface area (Å²) < 4.78 is 64.0. The number of rotatable bonds is 6. The Hall–Kier alpha value is -2.14. The minimum absolute atomic E-state index is 0.251. The summed E-state index contributed by atoms with van der Waals surface area (Å²) >= 11 is 0. The molecule has 1 fully saturated rings. The Morgan fingerprint density at radius 2 is 1.92 bits per heavy atom. The minimum atomic E-state index is -4.69. The Labute approximate surface area is 147 Å². The fourth-order valence-electron chi connectivity index (χ4n) is 2.70. The van der Waals surface area contributed by atoms with E-state index in [1.165, 1.54) is 0 Å². The van der Waals surface area contributed by atoms with Crippen LogP contribution in [-0.2, 0) is 25.8 Å². The normalized spacial score (nSPS) is 20.7. The van der Waals surface area contributed by atoms with Crippen LogP contribution >= 0.6 is 0 Å². The van der Waals surface area contributed by atoms with Crippen LogP contribution in [-0.4, -0.2) is 38.0 Å². The van der Waals surface area contributed by atoms with Crippen molar-refractivity contribution in [2.75, 3.05) is 6.54 Å². The quantitative estimate of drug-likeness (QED) is 0.674. The number of halogens is 3. The lowest BCUT2D eigenvalue weighted by atomic mass is 10.1. The highest BCUT2D eigenvalue weighted by Gasteiger charge is 2.32. The fourth-order valence-corrected chi connectivity index (χ4v) is 3.73. The van der Waals surface area contributed by atoms with E-state index < -0.39 is 51.0 Å². The number of carbonyl (C=O) groups is 2. The molecule has 0 aliphatic heterocycles. The number of aliphatic carboxylic acids is 1. The number of carbonyl (C=O) groups excluding carboxylic acids is 1. The summed E-state index contributed by atoms with van der Waals surface area (Å²) in [5.74, 6) is -2.19. The van der Waals surface area contributed by atoms with Crippen molar-refractivity contribution in [3.05, 3.63) is 29.8 Å². The first kappa shape index (κ1) is 20.2. The third kappa shape index (κ3) is 5.18. The van der Waals surface area contributed by atoms with Crippen molar-refractivity contribution >= 4 is 21.9 Å². The van der Waals surface area contributed by atoms with Crippen LogP contribution in [0.2, 0.25) is 0 Å². The van der Waals surface area contributed by atoms with Crippen molar-refractivity contribution in [1.29, 1.82) is 0 Å². The zero-order chi connectivity index (χ0) is 19.5. The van der Waals surface area contributed by atoms with Gasteiger partial charge < -0.3 is 10.4 Å². The highest BCUT2D eigenvalue weighted by Crippen LogP contribution is 2.30. The van der Waals surface area contributed by atoms with Crippen molar-refractivity contribution < 1.29 is 36.3 Å². The van der Waals surface area contributed by atoms with Crippen LogP contribution in [0.4, 0.5) is 13.2 Å². The molecular weight excluding hydrogens is 377 g/mol. The van der Waals surface area contributed by atoms with E-state index >= 15 is 0 Å². The summed E-state index contributed by atoms with van der Waals surface area (Å²) in [6, 6.07) is 2.80. The van der Waals surface area contributed by atoms with Crippen LogP contribution in [0.5, 0.6) is 0 Å². The van der Waals surface area contributed by atoms with Gasteiger partial charge in [0.05, 0.1) is 22.9 Å². The number of carboxylic acids is 1.